The number of methoxy groups -OCH3 is 3. The molecule has 0 bridgehead atoms. The second kappa shape index (κ2) is 8.11. The van der Waals surface area contributed by atoms with Crippen molar-refractivity contribution in [1.29, 1.82) is 0 Å². The Hall–Kier alpha value is -3.26. The quantitative estimate of drug-likeness (QED) is 0.764. The van der Waals surface area contributed by atoms with Gasteiger partial charge in [0, 0.05) is 31.3 Å². The third kappa shape index (κ3) is 3.79. The second-order valence-electron chi connectivity index (χ2n) is 8.15. The van der Waals surface area contributed by atoms with Gasteiger partial charge in [-0.3, -0.25) is 14.5 Å². The van der Waals surface area contributed by atoms with Crippen LogP contribution >= 0.6 is 0 Å². The zero-order valence-electron chi connectivity index (χ0n) is 18.2. The summed E-state index contributed by atoms with van der Waals surface area (Å²) in [7, 11) is 4.77. The van der Waals surface area contributed by atoms with Gasteiger partial charge in [-0.1, -0.05) is 12.1 Å². The van der Waals surface area contributed by atoms with Crippen LogP contribution in [-0.4, -0.2) is 56.7 Å². The van der Waals surface area contributed by atoms with Crippen molar-refractivity contribution in [2.45, 2.75) is 19.0 Å². The predicted octanol–water partition coefficient (Wildman–Crippen LogP) is 2.29. The van der Waals surface area contributed by atoms with Gasteiger partial charge in [0.25, 0.3) is 5.91 Å². The van der Waals surface area contributed by atoms with E-state index in [-0.39, 0.29) is 11.8 Å². The summed E-state index contributed by atoms with van der Waals surface area (Å²) in [6.07, 6.45) is 0. The maximum absolute atomic E-state index is 13.1. The van der Waals surface area contributed by atoms with Gasteiger partial charge in [-0.25, -0.2) is 0 Å². The van der Waals surface area contributed by atoms with E-state index in [1.807, 2.05) is 13.0 Å². The van der Waals surface area contributed by atoms with E-state index in [0.717, 1.165) is 5.56 Å². The zero-order valence-corrected chi connectivity index (χ0v) is 18.2. The number of hydrogen-bond donors (Lipinski definition) is 2. The van der Waals surface area contributed by atoms with Crippen molar-refractivity contribution in [1.82, 2.24) is 10.2 Å². The lowest BCUT2D eigenvalue weighted by Crippen LogP contribution is -2.56. The van der Waals surface area contributed by atoms with Crippen LogP contribution in [-0.2, 0) is 11.3 Å². The smallest absolute Gasteiger partial charge is 0.253 e. The highest BCUT2D eigenvalue weighted by atomic mass is 16.5. The lowest BCUT2D eigenvalue weighted by atomic mass is 9.86. The number of nitrogens with one attached hydrogen (secondary N) is 2. The topological polar surface area (TPSA) is 89.1 Å². The molecule has 2 aromatic rings. The summed E-state index contributed by atoms with van der Waals surface area (Å²) < 4.78 is 16.3. The molecule has 164 valence electrons. The fourth-order valence-electron chi connectivity index (χ4n) is 4.51. The number of likely N-dealkylation sites (tertiary alicyclic amines) is 1. The third-order valence-electron chi connectivity index (χ3n) is 6.09. The highest BCUT2D eigenvalue weighted by molar-refractivity contribution is 6.06. The fraction of sp³-hybridized carbons (Fsp3) is 0.391. The maximum Gasteiger partial charge on any atom is 0.253 e. The molecule has 2 N–H and O–H groups in total. The normalized spacial score (nSPS) is 23.0. The van der Waals surface area contributed by atoms with E-state index in [1.54, 1.807) is 51.7 Å². The average molecular weight is 425 g/mol. The molecule has 2 atom stereocenters. The number of para-hydroxylation sites is 1. The second-order valence-corrected chi connectivity index (χ2v) is 8.15. The van der Waals surface area contributed by atoms with Gasteiger partial charge < -0.3 is 24.8 Å². The Bertz CT molecular complexity index is 1020. The molecule has 2 heterocycles. The Morgan fingerprint density at radius 1 is 1.03 bits per heavy atom. The fourth-order valence-corrected chi connectivity index (χ4v) is 4.51. The number of hydrogen-bond acceptors (Lipinski definition) is 6. The Labute approximate surface area is 181 Å². The van der Waals surface area contributed by atoms with E-state index in [1.165, 1.54) is 0 Å². The molecule has 0 saturated carbocycles. The van der Waals surface area contributed by atoms with E-state index >= 15 is 0 Å². The summed E-state index contributed by atoms with van der Waals surface area (Å²) >= 11 is 0. The molecular weight excluding hydrogens is 398 g/mol. The number of benzene rings is 2. The standard InChI is InChI=1S/C23H27N3O5/c1-23-13-26(11-14-9-19(30-3)20(31-4)10-18(14)29-2)12-16(23)22(28)24-17-8-6-5-7-15(17)21(27)25-23/h5-10,16H,11-13H2,1-4H3,(H,24,28)(H,25,27)/t16-,23-/m0/s1. The van der Waals surface area contributed by atoms with Gasteiger partial charge in [-0.05, 0) is 25.1 Å². The Balaban J connectivity index is 1.61. The van der Waals surface area contributed by atoms with E-state index in [9.17, 15) is 9.59 Å². The van der Waals surface area contributed by atoms with E-state index < -0.39 is 11.5 Å². The maximum atomic E-state index is 13.1. The molecule has 2 aliphatic rings. The van der Waals surface area contributed by atoms with Gasteiger partial charge in [-0.2, -0.15) is 0 Å². The van der Waals surface area contributed by atoms with Crippen LogP contribution in [0.3, 0.4) is 0 Å². The minimum absolute atomic E-state index is 0.100. The van der Waals surface area contributed by atoms with Gasteiger partial charge in [0.05, 0.1) is 44.0 Å². The summed E-state index contributed by atoms with van der Waals surface area (Å²) in [5, 5.41) is 6.05. The van der Waals surface area contributed by atoms with Crippen LogP contribution in [0.4, 0.5) is 5.69 Å². The van der Waals surface area contributed by atoms with Crippen molar-refractivity contribution in [3.05, 3.63) is 47.5 Å². The zero-order chi connectivity index (χ0) is 22.2. The van der Waals surface area contributed by atoms with Crippen molar-refractivity contribution in [3.8, 4) is 17.2 Å². The number of anilines is 1. The van der Waals surface area contributed by atoms with Crippen molar-refractivity contribution in [2.24, 2.45) is 5.92 Å². The molecule has 0 unspecified atom stereocenters. The number of rotatable bonds is 5. The molecule has 1 fully saturated rings. The molecule has 2 aromatic carbocycles. The molecule has 4 rings (SSSR count). The Morgan fingerprint density at radius 2 is 1.71 bits per heavy atom. The predicted molar refractivity (Wildman–Crippen MR) is 116 cm³/mol. The number of carbonyl (C=O) groups is 2. The first-order valence-electron chi connectivity index (χ1n) is 10.1. The SMILES string of the molecule is COc1cc(OC)c(OC)cc1CN1C[C@H]2C(=O)Nc3ccccc3C(=O)N[C@@]2(C)C1. The van der Waals surface area contributed by atoms with Gasteiger partial charge >= 0.3 is 0 Å². The van der Waals surface area contributed by atoms with Crippen molar-refractivity contribution in [3.63, 3.8) is 0 Å². The molecule has 0 radical (unpaired) electrons. The largest absolute Gasteiger partial charge is 0.496 e. The van der Waals surface area contributed by atoms with Gasteiger partial charge in [-0.15, -0.1) is 0 Å². The highest BCUT2D eigenvalue weighted by Gasteiger charge is 2.49. The molecule has 2 aliphatic heterocycles. The number of amides is 2. The van der Waals surface area contributed by atoms with Crippen molar-refractivity contribution >= 4 is 17.5 Å². The summed E-state index contributed by atoms with van der Waals surface area (Å²) in [5.41, 5.74) is 1.22. The van der Waals surface area contributed by atoms with Crippen molar-refractivity contribution < 1.29 is 23.8 Å². The summed E-state index contributed by atoms with van der Waals surface area (Å²) in [5.74, 6) is 1.19. The minimum Gasteiger partial charge on any atom is -0.496 e. The lowest BCUT2D eigenvalue weighted by Gasteiger charge is -2.33. The number of ether oxygens (including phenoxy) is 3. The molecule has 31 heavy (non-hydrogen) atoms. The van der Waals surface area contributed by atoms with Gasteiger partial charge in [0.15, 0.2) is 11.5 Å². The van der Waals surface area contributed by atoms with Crippen LogP contribution in [0.25, 0.3) is 0 Å². The molecule has 0 aliphatic carbocycles. The molecule has 8 nitrogen and oxygen atoms in total. The van der Waals surface area contributed by atoms with Crippen molar-refractivity contribution in [2.75, 3.05) is 39.7 Å². The summed E-state index contributed by atoms with van der Waals surface area (Å²) in [6, 6.07) is 10.7. The third-order valence-corrected chi connectivity index (χ3v) is 6.09. The average Bonchev–Trinajstić information content (AvgIpc) is 3.08. The number of nitrogens with zero attached hydrogens (tertiary/aromatic N) is 1. The van der Waals surface area contributed by atoms with E-state index in [2.05, 4.69) is 15.5 Å². The Morgan fingerprint density at radius 3 is 2.42 bits per heavy atom. The van der Waals surface area contributed by atoms with Crippen LogP contribution in [0.15, 0.2) is 36.4 Å². The monoisotopic (exact) mass is 425 g/mol. The lowest BCUT2D eigenvalue weighted by molar-refractivity contribution is -0.121. The first-order chi connectivity index (χ1) is 14.9. The first kappa shape index (κ1) is 21.0. The molecule has 2 amide bonds. The minimum atomic E-state index is -0.696. The summed E-state index contributed by atoms with van der Waals surface area (Å²) in [6.45, 7) is 3.49. The van der Waals surface area contributed by atoms with Crippen LogP contribution in [0.2, 0.25) is 0 Å². The molecule has 8 heteroatoms. The van der Waals surface area contributed by atoms with E-state index in [4.69, 9.17) is 14.2 Å². The number of carbonyl (C=O) groups excluding carboxylic acids is 2. The van der Waals surface area contributed by atoms with Crippen LogP contribution in [0.1, 0.15) is 22.8 Å². The first-order valence-corrected chi connectivity index (χ1v) is 10.1. The number of fused-ring (bicyclic) bond motifs is 2. The summed E-state index contributed by atoms with van der Waals surface area (Å²) in [4.78, 5) is 28.1. The van der Waals surface area contributed by atoms with Gasteiger partial charge in [0.2, 0.25) is 5.91 Å². The van der Waals surface area contributed by atoms with E-state index in [0.29, 0.717) is 48.1 Å². The van der Waals surface area contributed by atoms with Crippen LogP contribution in [0, 0.1) is 5.92 Å². The van der Waals surface area contributed by atoms with Gasteiger partial charge in [0.1, 0.15) is 5.75 Å². The molecule has 0 spiro atoms. The molecule has 0 aromatic heterocycles. The molecular formula is C23H27N3O5. The Kier molecular flexibility index (Phi) is 5.49. The van der Waals surface area contributed by atoms with Crippen LogP contribution in [0.5, 0.6) is 17.2 Å². The molecule has 1 saturated heterocycles. The van der Waals surface area contributed by atoms with Crippen LogP contribution < -0.4 is 24.8 Å². The highest BCUT2D eigenvalue weighted by Crippen LogP contribution is 2.38.